The number of aryl methyl sites for hydroxylation is 1. The zero-order valence-corrected chi connectivity index (χ0v) is 19.7. The molecule has 0 saturated carbocycles. The van der Waals surface area contributed by atoms with Gasteiger partial charge in [0.15, 0.2) is 5.13 Å². The fraction of sp³-hybridized carbons (Fsp3) is 0.0800. The summed E-state index contributed by atoms with van der Waals surface area (Å²) in [4.78, 5) is 32.4. The van der Waals surface area contributed by atoms with Gasteiger partial charge in [-0.25, -0.2) is 9.37 Å². The van der Waals surface area contributed by atoms with Crippen LogP contribution < -0.4 is 4.90 Å². The highest BCUT2D eigenvalue weighted by atomic mass is 79.9. The SMILES string of the molecule is Cc1ccc2nc(N3C(=O)C(=O)/C(=C(/O)c4ccc(F)cc4)C3c3cccc(Br)c3)sc2c1. The Morgan fingerprint density at radius 2 is 1.85 bits per heavy atom. The summed E-state index contributed by atoms with van der Waals surface area (Å²) in [6, 6.07) is 17.2. The summed E-state index contributed by atoms with van der Waals surface area (Å²) in [6.45, 7) is 1.97. The van der Waals surface area contributed by atoms with Crippen molar-refractivity contribution in [3.8, 4) is 0 Å². The minimum absolute atomic E-state index is 0.0693. The van der Waals surface area contributed by atoms with Crippen LogP contribution in [0, 0.1) is 12.7 Å². The van der Waals surface area contributed by atoms with Crippen molar-refractivity contribution in [2.75, 3.05) is 4.90 Å². The molecule has 4 aromatic rings. The van der Waals surface area contributed by atoms with E-state index in [4.69, 9.17) is 0 Å². The van der Waals surface area contributed by atoms with Gasteiger partial charge in [0.2, 0.25) is 0 Å². The van der Waals surface area contributed by atoms with E-state index in [1.165, 1.54) is 40.5 Å². The first-order chi connectivity index (χ1) is 15.8. The van der Waals surface area contributed by atoms with Crippen LogP contribution >= 0.6 is 27.3 Å². The molecule has 33 heavy (non-hydrogen) atoms. The third kappa shape index (κ3) is 3.75. The summed E-state index contributed by atoms with van der Waals surface area (Å²) in [5, 5.41) is 11.4. The number of aromatic nitrogens is 1. The highest BCUT2D eigenvalue weighted by Crippen LogP contribution is 2.44. The van der Waals surface area contributed by atoms with E-state index >= 15 is 0 Å². The minimum Gasteiger partial charge on any atom is -0.507 e. The molecule has 0 aliphatic carbocycles. The number of benzene rings is 3. The lowest BCUT2D eigenvalue weighted by molar-refractivity contribution is -0.132. The smallest absolute Gasteiger partial charge is 0.301 e. The van der Waals surface area contributed by atoms with Gasteiger partial charge in [0.1, 0.15) is 11.6 Å². The number of nitrogens with zero attached hydrogens (tertiary/aromatic N) is 2. The second-order valence-corrected chi connectivity index (χ2v) is 9.62. The van der Waals surface area contributed by atoms with Gasteiger partial charge in [0, 0.05) is 10.0 Å². The molecule has 0 radical (unpaired) electrons. The molecule has 3 aromatic carbocycles. The van der Waals surface area contributed by atoms with Crippen LogP contribution in [0.4, 0.5) is 9.52 Å². The molecule has 1 atom stereocenters. The molecule has 0 bridgehead atoms. The van der Waals surface area contributed by atoms with Crippen molar-refractivity contribution >= 4 is 60.1 Å². The Balaban J connectivity index is 1.74. The number of amides is 1. The van der Waals surface area contributed by atoms with Crippen LogP contribution in [0.15, 0.2) is 76.8 Å². The summed E-state index contributed by atoms with van der Waals surface area (Å²) < 4.78 is 15.1. The van der Waals surface area contributed by atoms with Crippen LogP contribution in [0.2, 0.25) is 0 Å². The second-order valence-electron chi connectivity index (χ2n) is 7.70. The van der Waals surface area contributed by atoms with Crippen LogP contribution in [0.5, 0.6) is 0 Å². The molecule has 1 amide bonds. The van der Waals surface area contributed by atoms with Crippen molar-refractivity contribution < 1.29 is 19.1 Å². The Labute approximate surface area is 200 Å². The number of halogens is 2. The molecule has 5 rings (SSSR count). The first-order valence-corrected chi connectivity index (χ1v) is 11.6. The summed E-state index contributed by atoms with van der Waals surface area (Å²) in [5.74, 6) is -2.44. The maximum Gasteiger partial charge on any atom is 0.301 e. The Hall–Kier alpha value is -3.36. The molecule has 1 aromatic heterocycles. The lowest BCUT2D eigenvalue weighted by Gasteiger charge is -2.23. The topological polar surface area (TPSA) is 70.5 Å². The fourth-order valence-corrected chi connectivity index (χ4v) is 5.42. The lowest BCUT2D eigenvalue weighted by atomic mass is 9.95. The Morgan fingerprint density at radius 3 is 2.58 bits per heavy atom. The maximum atomic E-state index is 13.4. The van der Waals surface area contributed by atoms with Crippen molar-refractivity contribution in [1.29, 1.82) is 0 Å². The number of anilines is 1. The van der Waals surface area contributed by atoms with E-state index in [2.05, 4.69) is 20.9 Å². The molecule has 1 unspecified atom stereocenters. The number of rotatable bonds is 3. The van der Waals surface area contributed by atoms with E-state index in [1.807, 2.05) is 31.2 Å². The zero-order chi connectivity index (χ0) is 23.3. The van der Waals surface area contributed by atoms with E-state index in [9.17, 15) is 19.1 Å². The fourth-order valence-electron chi connectivity index (χ4n) is 3.91. The number of aliphatic hydroxyl groups excluding tert-OH is 1. The normalized spacial score (nSPS) is 17.8. The zero-order valence-electron chi connectivity index (χ0n) is 17.3. The van der Waals surface area contributed by atoms with Gasteiger partial charge in [-0.2, -0.15) is 0 Å². The Kier molecular flexibility index (Phi) is 5.34. The van der Waals surface area contributed by atoms with Crippen LogP contribution in [0.3, 0.4) is 0 Å². The lowest BCUT2D eigenvalue weighted by Crippen LogP contribution is -2.29. The van der Waals surface area contributed by atoms with Gasteiger partial charge in [0.25, 0.3) is 5.78 Å². The van der Waals surface area contributed by atoms with Crippen molar-refractivity contribution in [1.82, 2.24) is 4.98 Å². The first-order valence-electron chi connectivity index (χ1n) is 10.0. The van der Waals surface area contributed by atoms with Crippen LogP contribution in [-0.2, 0) is 9.59 Å². The van der Waals surface area contributed by atoms with E-state index in [1.54, 1.807) is 18.2 Å². The van der Waals surface area contributed by atoms with Gasteiger partial charge in [-0.3, -0.25) is 14.5 Å². The number of thiazole rings is 1. The number of ketones is 1. The Morgan fingerprint density at radius 1 is 1.09 bits per heavy atom. The molecule has 1 saturated heterocycles. The van der Waals surface area contributed by atoms with Crippen molar-refractivity contribution in [2.24, 2.45) is 0 Å². The Bertz CT molecular complexity index is 1460. The van der Waals surface area contributed by atoms with E-state index in [-0.39, 0.29) is 16.9 Å². The van der Waals surface area contributed by atoms with Crippen LogP contribution in [0.1, 0.15) is 22.7 Å². The predicted molar refractivity (Wildman–Crippen MR) is 130 cm³/mol. The van der Waals surface area contributed by atoms with Gasteiger partial charge in [0.05, 0.1) is 21.8 Å². The molecule has 1 fully saturated rings. The van der Waals surface area contributed by atoms with Crippen molar-refractivity contribution in [2.45, 2.75) is 13.0 Å². The van der Waals surface area contributed by atoms with Crippen LogP contribution in [0.25, 0.3) is 16.0 Å². The maximum absolute atomic E-state index is 13.4. The number of carbonyl (C=O) groups is 2. The predicted octanol–water partition coefficient (Wildman–Crippen LogP) is 6.13. The summed E-state index contributed by atoms with van der Waals surface area (Å²) in [7, 11) is 0. The average Bonchev–Trinajstić information content (AvgIpc) is 3.32. The number of hydrogen-bond acceptors (Lipinski definition) is 5. The molecule has 1 aliphatic heterocycles. The number of aliphatic hydroxyl groups is 1. The molecule has 0 spiro atoms. The van der Waals surface area contributed by atoms with Crippen molar-refractivity contribution in [3.63, 3.8) is 0 Å². The molecule has 8 heteroatoms. The molecule has 5 nitrogen and oxygen atoms in total. The highest BCUT2D eigenvalue weighted by molar-refractivity contribution is 9.10. The second kappa shape index (κ2) is 8.20. The molecule has 1 aliphatic rings. The number of carbonyl (C=O) groups excluding carboxylic acids is 2. The number of Topliss-reactive ketones (excluding diaryl/α,β-unsaturated/α-hetero) is 1. The molecular formula is C25H16BrFN2O3S. The van der Waals surface area contributed by atoms with Crippen LogP contribution in [-0.4, -0.2) is 21.8 Å². The van der Waals surface area contributed by atoms with Gasteiger partial charge < -0.3 is 5.11 Å². The van der Waals surface area contributed by atoms with Gasteiger partial charge in [-0.15, -0.1) is 0 Å². The molecule has 1 N–H and O–H groups in total. The molecule has 2 heterocycles. The monoisotopic (exact) mass is 522 g/mol. The largest absolute Gasteiger partial charge is 0.507 e. The molecular weight excluding hydrogens is 507 g/mol. The van der Waals surface area contributed by atoms with Gasteiger partial charge in [-0.1, -0.05) is 45.5 Å². The third-order valence-corrected chi connectivity index (χ3v) is 6.98. The highest BCUT2D eigenvalue weighted by Gasteiger charge is 2.48. The standard InChI is InChI=1S/C25H16BrFN2O3S/c1-13-5-10-18-19(11-13)33-25(28-18)29-21(15-3-2-4-16(26)12-15)20(23(31)24(29)32)22(30)14-6-8-17(27)9-7-14/h2-12,21,30H,1H3/b22-20+. The summed E-state index contributed by atoms with van der Waals surface area (Å²) in [6.07, 6.45) is 0. The quantitative estimate of drug-likeness (QED) is 0.199. The number of hydrogen-bond donors (Lipinski definition) is 1. The minimum atomic E-state index is -0.894. The summed E-state index contributed by atoms with van der Waals surface area (Å²) >= 11 is 4.74. The molecule has 164 valence electrons. The first kappa shape index (κ1) is 21.5. The van der Waals surface area contributed by atoms with Gasteiger partial charge >= 0.3 is 5.91 Å². The van der Waals surface area contributed by atoms with Gasteiger partial charge in [-0.05, 0) is 66.6 Å². The van der Waals surface area contributed by atoms with E-state index < -0.39 is 23.5 Å². The van der Waals surface area contributed by atoms with E-state index in [0.717, 1.165) is 14.7 Å². The summed E-state index contributed by atoms with van der Waals surface area (Å²) in [5.41, 5.74) is 2.57. The van der Waals surface area contributed by atoms with E-state index in [0.29, 0.717) is 16.2 Å². The van der Waals surface area contributed by atoms with Crippen molar-refractivity contribution in [3.05, 3.63) is 99.3 Å². The average molecular weight is 523 g/mol. The number of fused-ring (bicyclic) bond motifs is 1. The third-order valence-electron chi connectivity index (χ3n) is 5.47.